The number of carbonyl (C=O) groups is 1. The lowest BCUT2D eigenvalue weighted by Crippen LogP contribution is -2.36. The number of anilines is 1. The van der Waals surface area contributed by atoms with Crippen LogP contribution in [0.1, 0.15) is 48.3 Å². The monoisotopic (exact) mass is 345 g/mol. The van der Waals surface area contributed by atoms with E-state index in [4.69, 9.17) is 4.99 Å². The van der Waals surface area contributed by atoms with Crippen LogP contribution in [0.3, 0.4) is 0 Å². The van der Waals surface area contributed by atoms with Crippen molar-refractivity contribution < 1.29 is 4.79 Å². The van der Waals surface area contributed by atoms with Gasteiger partial charge in [0.15, 0.2) is 0 Å². The number of carbonyl (C=O) groups excluding carboxylic acids is 1. The Morgan fingerprint density at radius 1 is 1.27 bits per heavy atom. The van der Waals surface area contributed by atoms with Gasteiger partial charge in [-0.25, -0.2) is 4.99 Å². The second-order valence-corrected chi connectivity index (χ2v) is 6.96. The van der Waals surface area contributed by atoms with Crippen LogP contribution in [0, 0.1) is 0 Å². The fraction of sp³-hybridized carbons (Fsp3) is 0.318. The molecule has 0 saturated carbocycles. The normalized spacial score (nSPS) is 18.6. The molecule has 26 heavy (non-hydrogen) atoms. The molecule has 1 unspecified atom stereocenters. The molecule has 0 radical (unpaired) electrons. The Labute approximate surface area is 154 Å². The number of aryl methyl sites for hydroxylation is 1. The lowest BCUT2D eigenvalue weighted by atomic mass is 9.98. The first-order valence-corrected chi connectivity index (χ1v) is 9.33. The summed E-state index contributed by atoms with van der Waals surface area (Å²) in [6.45, 7) is 5.65. The molecule has 1 atom stereocenters. The van der Waals surface area contributed by atoms with Gasteiger partial charge in [0.25, 0.3) is 0 Å². The summed E-state index contributed by atoms with van der Waals surface area (Å²) in [5, 5.41) is 0. The van der Waals surface area contributed by atoms with Gasteiger partial charge in [-0.1, -0.05) is 6.92 Å². The zero-order valence-electron chi connectivity index (χ0n) is 15.3. The fourth-order valence-corrected chi connectivity index (χ4v) is 3.73. The minimum Gasteiger partial charge on any atom is -0.369 e. The van der Waals surface area contributed by atoms with Crippen molar-refractivity contribution in [3.05, 3.63) is 65.5 Å². The lowest BCUT2D eigenvalue weighted by Gasteiger charge is -2.36. The Hall–Kier alpha value is -2.75. The second-order valence-electron chi connectivity index (χ2n) is 6.96. The highest BCUT2D eigenvalue weighted by atomic mass is 16.1. The summed E-state index contributed by atoms with van der Waals surface area (Å²) in [7, 11) is 0. The summed E-state index contributed by atoms with van der Waals surface area (Å²) < 4.78 is 0. The largest absolute Gasteiger partial charge is 0.369 e. The number of pyridine rings is 1. The van der Waals surface area contributed by atoms with E-state index in [-0.39, 0.29) is 5.78 Å². The van der Waals surface area contributed by atoms with Gasteiger partial charge in [0.05, 0.1) is 11.4 Å². The standard InChI is InChI=1S/C22H23N3O/c1-3-15(2)25-13-5-6-16-14-17(8-10-20(16)25)24-19-9-11-21(26)22-18(19)7-4-12-23-22/h4,7-12,14-15H,3,5-6,13H2,1-2H3. The zero-order valence-corrected chi connectivity index (χ0v) is 15.3. The smallest absolute Gasteiger partial charge is 0.204 e. The summed E-state index contributed by atoms with van der Waals surface area (Å²) >= 11 is 0. The Morgan fingerprint density at radius 3 is 3.00 bits per heavy atom. The first-order chi connectivity index (χ1) is 12.7. The molecule has 0 bridgehead atoms. The third kappa shape index (κ3) is 2.96. The number of aliphatic imine (C=N–C) groups is 1. The first-order valence-electron chi connectivity index (χ1n) is 9.33. The highest BCUT2D eigenvalue weighted by molar-refractivity contribution is 6.23. The minimum absolute atomic E-state index is 0.0609. The molecule has 0 N–H and O–H groups in total. The maximum absolute atomic E-state index is 12.0. The van der Waals surface area contributed by atoms with E-state index in [1.807, 2.05) is 12.1 Å². The van der Waals surface area contributed by atoms with Gasteiger partial charge in [-0.2, -0.15) is 0 Å². The number of hydrogen-bond donors (Lipinski definition) is 0. The van der Waals surface area contributed by atoms with Crippen LogP contribution in [0.4, 0.5) is 11.4 Å². The van der Waals surface area contributed by atoms with Crippen LogP contribution >= 0.6 is 0 Å². The van der Waals surface area contributed by atoms with Crippen LogP contribution in [-0.2, 0) is 6.42 Å². The van der Waals surface area contributed by atoms with Gasteiger partial charge < -0.3 is 4.90 Å². The molecule has 4 heteroatoms. The predicted octanol–water partition coefficient (Wildman–Crippen LogP) is 4.51. The Bertz CT molecular complexity index is 913. The molecule has 1 aromatic carbocycles. The highest BCUT2D eigenvalue weighted by Crippen LogP contribution is 2.33. The number of hydrogen-bond acceptors (Lipinski definition) is 4. The molecular formula is C22H23N3O. The molecule has 0 saturated heterocycles. The van der Waals surface area contributed by atoms with E-state index in [1.54, 1.807) is 18.3 Å². The van der Waals surface area contributed by atoms with Crippen molar-refractivity contribution in [1.29, 1.82) is 0 Å². The molecule has 4 nitrogen and oxygen atoms in total. The van der Waals surface area contributed by atoms with Crippen LogP contribution in [-0.4, -0.2) is 29.1 Å². The van der Waals surface area contributed by atoms with Crippen molar-refractivity contribution in [2.24, 2.45) is 4.99 Å². The van der Waals surface area contributed by atoms with Gasteiger partial charge in [0.1, 0.15) is 5.69 Å². The Kier molecular flexibility index (Phi) is 4.41. The molecule has 2 aliphatic rings. The highest BCUT2D eigenvalue weighted by Gasteiger charge is 2.21. The van der Waals surface area contributed by atoms with Crippen molar-refractivity contribution in [3.8, 4) is 0 Å². The molecule has 0 fully saturated rings. The maximum atomic E-state index is 12.0. The van der Waals surface area contributed by atoms with E-state index in [0.717, 1.165) is 36.3 Å². The molecule has 2 heterocycles. The second kappa shape index (κ2) is 6.87. The molecular weight excluding hydrogens is 322 g/mol. The van der Waals surface area contributed by atoms with Crippen LogP contribution in [0.5, 0.6) is 0 Å². The van der Waals surface area contributed by atoms with Gasteiger partial charge in [0.2, 0.25) is 5.78 Å². The average Bonchev–Trinajstić information content (AvgIpc) is 2.69. The van der Waals surface area contributed by atoms with E-state index in [2.05, 4.69) is 41.9 Å². The molecule has 0 spiro atoms. The number of aromatic nitrogens is 1. The first kappa shape index (κ1) is 16.7. The van der Waals surface area contributed by atoms with Crippen LogP contribution in [0.25, 0.3) is 0 Å². The molecule has 1 aliphatic carbocycles. The van der Waals surface area contributed by atoms with Gasteiger partial charge in [-0.05, 0) is 74.2 Å². The molecule has 1 aliphatic heterocycles. The number of ketones is 1. The van der Waals surface area contributed by atoms with Crippen molar-refractivity contribution in [2.45, 2.75) is 39.2 Å². The molecule has 0 amide bonds. The number of allylic oxidation sites excluding steroid dienone is 2. The van der Waals surface area contributed by atoms with Crippen LogP contribution in [0.2, 0.25) is 0 Å². The minimum atomic E-state index is -0.0609. The molecule has 2 aromatic rings. The number of benzene rings is 1. The summed E-state index contributed by atoms with van der Waals surface area (Å²) in [5.74, 6) is -0.0609. The Balaban J connectivity index is 1.71. The fourth-order valence-electron chi connectivity index (χ4n) is 3.73. The quantitative estimate of drug-likeness (QED) is 0.822. The van der Waals surface area contributed by atoms with Crippen LogP contribution in [0.15, 0.2) is 53.7 Å². The molecule has 132 valence electrons. The van der Waals surface area contributed by atoms with Crippen molar-refractivity contribution in [2.75, 3.05) is 11.4 Å². The predicted molar refractivity (Wildman–Crippen MR) is 106 cm³/mol. The SMILES string of the molecule is CCC(C)N1CCCc2cc(N=C3C=CC(=O)c4ncccc43)ccc21. The number of fused-ring (bicyclic) bond motifs is 2. The van der Waals surface area contributed by atoms with E-state index in [1.165, 1.54) is 17.7 Å². The topological polar surface area (TPSA) is 45.6 Å². The summed E-state index contributed by atoms with van der Waals surface area (Å²) in [4.78, 5) is 23.5. The lowest BCUT2D eigenvalue weighted by molar-refractivity contribution is 0.104. The van der Waals surface area contributed by atoms with E-state index < -0.39 is 0 Å². The third-order valence-electron chi connectivity index (χ3n) is 5.30. The van der Waals surface area contributed by atoms with Crippen LogP contribution < -0.4 is 4.90 Å². The van der Waals surface area contributed by atoms with E-state index >= 15 is 0 Å². The van der Waals surface area contributed by atoms with Gasteiger partial charge in [-0.3, -0.25) is 9.78 Å². The summed E-state index contributed by atoms with van der Waals surface area (Å²) in [6, 6.07) is 10.8. The number of nitrogens with zero attached hydrogens (tertiary/aromatic N) is 3. The van der Waals surface area contributed by atoms with Gasteiger partial charge in [-0.15, -0.1) is 0 Å². The van der Waals surface area contributed by atoms with Crippen molar-refractivity contribution in [1.82, 2.24) is 4.98 Å². The van der Waals surface area contributed by atoms with Crippen molar-refractivity contribution >= 4 is 22.9 Å². The van der Waals surface area contributed by atoms with Gasteiger partial charge in [0, 0.05) is 30.0 Å². The third-order valence-corrected chi connectivity index (χ3v) is 5.30. The van der Waals surface area contributed by atoms with E-state index in [0.29, 0.717) is 11.7 Å². The Morgan fingerprint density at radius 2 is 2.15 bits per heavy atom. The zero-order chi connectivity index (χ0) is 18.1. The average molecular weight is 345 g/mol. The molecule has 1 aromatic heterocycles. The van der Waals surface area contributed by atoms with E-state index in [9.17, 15) is 4.79 Å². The summed E-state index contributed by atoms with van der Waals surface area (Å²) in [6.07, 6.45) is 8.41. The van der Waals surface area contributed by atoms with Crippen molar-refractivity contribution in [3.63, 3.8) is 0 Å². The summed E-state index contributed by atoms with van der Waals surface area (Å²) in [5.41, 5.74) is 5.71. The van der Waals surface area contributed by atoms with Gasteiger partial charge >= 0.3 is 0 Å². The number of rotatable bonds is 3. The molecule has 4 rings (SSSR count). The maximum Gasteiger partial charge on any atom is 0.204 e.